The predicted molar refractivity (Wildman–Crippen MR) is 164 cm³/mol. The number of likely N-dealkylation sites (N-methyl/N-ethyl adjacent to an activating group) is 1. The Bertz CT molecular complexity index is 1710. The van der Waals surface area contributed by atoms with Crippen molar-refractivity contribution in [3.8, 4) is 22.9 Å². The van der Waals surface area contributed by atoms with Gasteiger partial charge in [0, 0.05) is 55.2 Å². The fraction of sp³-hybridized carbons (Fsp3) is 0.419. The number of benzene rings is 2. The number of aryl methyl sites for hydroxylation is 1. The van der Waals surface area contributed by atoms with Crippen LogP contribution < -0.4 is 14.4 Å². The number of nitrogens with one attached hydrogen (secondary N) is 1. The molecule has 2 aromatic carbocycles. The summed E-state index contributed by atoms with van der Waals surface area (Å²) in [7, 11) is 2.13. The molecule has 4 aromatic rings. The highest BCUT2D eigenvalue weighted by molar-refractivity contribution is 6.36. The minimum atomic E-state index is -0.0543. The normalized spacial score (nSPS) is 19.0. The minimum Gasteiger partial charge on any atom is -0.492 e. The summed E-state index contributed by atoms with van der Waals surface area (Å²) in [5.41, 5.74) is 5.64. The summed E-state index contributed by atoms with van der Waals surface area (Å²) in [6, 6.07) is 4.80. The fourth-order valence-corrected chi connectivity index (χ4v) is 6.79. The maximum absolute atomic E-state index is 12.3. The van der Waals surface area contributed by atoms with Gasteiger partial charge in [0.1, 0.15) is 18.2 Å². The summed E-state index contributed by atoms with van der Waals surface area (Å²) in [5.74, 6) is 1.51. The highest BCUT2D eigenvalue weighted by Gasteiger charge is 2.31. The number of carbonyl (C=O) groups is 1. The van der Waals surface area contributed by atoms with Gasteiger partial charge in [-0.25, -0.2) is 0 Å². The van der Waals surface area contributed by atoms with Gasteiger partial charge < -0.3 is 24.2 Å². The van der Waals surface area contributed by atoms with Crippen LogP contribution in [-0.2, 0) is 11.2 Å². The van der Waals surface area contributed by atoms with Gasteiger partial charge in [-0.1, -0.05) is 18.2 Å². The van der Waals surface area contributed by atoms with Crippen LogP contribution >= 0.6 is 11.6 Å². The predicted octanol–water partition coefficient (Wildman–Crippen LogP) is 4.38. The standard InChI is InChI=1S/C31H34ClN7O3/c1-4-25(40)38-9-11-39(12-10-38)30-27-24(34-31(35-30)42-17-19-6-5-8-37(19)3)15-21(20-7-13-41-29(20)27)26-22-16-33-36-23(22)14-18(2)28(26)32/h4,14-16,19H,1,5-13,17H2,2-3H3,(H,33,36)/t19-/m0/s1. The van der Waals surface area contributed by atoms with Gasteiger partial charge in [0.2, 0.25) is 5.91 Å². The molecule has 0 radical (unpaired) electrons. The summed E-state index contributed by atoms with van der Waals surface area (Å²) < 4.78 is 12.6. The lowest BCUT2D eigenvalue weighted by Crippen LogP contribution is -2.48. The lowest BCUT2D eigenvalue weighted by atomic mass is 9.92. The van der Waals surface area contributed by atoms with Crippen molar-refractivity contribution in [2.24, 2.45) is 0 Å². The van der Waals surface area contributed by atoms with Crippen molar-refractivity contribution >= 4 is 45.1 Å². The number of nitrogens with zero attached hydrogens (tertiary/aromatic N) is 6. The molecule has 1 amide bonds. The molecule has 5 heterocycles. The minimum absolute atomic E-state index is 0.0543. The van der Waals surface area contributed by atoms with Crippen LogP contribution in [0.2, 0.25) is 5.02 Å². The number of aromatic nitrogens is 4. The molecule has 0 saturated carbocycles. The number of ether oxygens (including phenoxy) is 2. The zero-order valence-electron chi connectivity index (χ0n) is 24.0. The number of hydrogen-bond donors (Lipinski definition) is 1. The first-order chi connectivity index (χ1) is 20.4. The largest absolute Gasteiger partial charge is 0.492 e. The Morgan fingerprint density at radius 2 is 2.07 bits per heavy atom. The zero-order valence-corrected chi connectivity index (χ0v) is 24.7. The highest BCUT2D eigenvalue weighted by atomic mass is 35.5. The number of aromatic amines is 1. The third-order valence-electron chi connectivity index (χ3n) is 8.88. The second-order valence-corrected chi connectivity index (χ2v) is 11.7. The summed E-state index contributed by atoms with van der Waals surface area (Å²) in [6.45, 7) is 10.2. The fourth-order valence-electron chi connectivity index (χ4n) is 6.54. The Kier molecular flexibility index (Phi) is 6.90. The Hall–Kier alpha value is -3.89. The molecule has 7 rings (SSSR count). The molecular weight excluding hydrogens is 554 g/mol. The van der Waals surface area contributed by atoms with E-state index in [4.69, 9.17) is 31.0 Å². The Morgan fingerprint density at radius 1 is 1.24 bits per heavy atom. The van der Waals surface area contributed by atoms with Crippen molar-refractivity contribution in [1.82, 2.24) is 30.0 Å². The molecule has 2 saturated heterocycles. The number of H-pyrrole nitrogens is 1. The first-order valence-electron chi connectivity index (χ1n) is 14.5. The second kappa shape index (κ2) is 10.7. The van der Waals surface area contributed by atoms with Crippen LogP contribution in [-0.4, -0.2) is 94.9 Å². The number of carbonyl (C=O) groups excluding carboxylic acids is 1. The van der Waals surface area contributed by atoms with Crippen molar-refractivity contribution < 1.29 is 14.3 Å². The van der Waals surface area contributed by atoms with Gasteiger partial charge >= 0.3 is 6.01 Å². The third kappa shape index (κ3) is 4.53. The Labute approximate surface area is 249 Å². The molecule has 10 nitrogen and oxygen atoms in total. The van der Waals surface area contributed by atoms with E-state index >= 15 is 0 Å². The monoisotopic (exact) mass is 587 g/mol. The van der Waals surface area contributed by atoms with Gasteiger partial charge in [-0.2, -0.15) is 15.1 Å². The van der Waals surface area contributed by atoms with Crippen molar-refractivity contribution in [2.45, 2.75) is 32.2 Å². The number of fused-ring (bicyclic) bond motifs is 4. The molecule has 0 bridgehead atoms. The molecule has 0 unspecified atom stereocenters. The van der Waals surface area contributed by atoms with E-state index in [1.807, 2.05) is 24.1 Å². The maximum atomic E-state index is 12.3. The summed E-state index contributed by atoms with van der Waals surface area (Å²) in [6.07, 6.45) is 6.20. The van der Waals surface area contributed by atoms with E-state index in [2.05, 4.69) is 39.7 Å². The number of anilines is 1. The van der Waals surface area contributed by atoms with Crippen LogP contribution in [0.4, 0.5) is 5.82 Å². The van der Waals surface area contributed by atoms with Crippen molar-refractivity contribution in [3.63, 3.8) is 0 Å². The van der Waals surface area contributed by atoms with E-state index in [1.54, 1.807) is 0 Å². The lowest BCUT2D eigenvalue weighted by Gasteiger charge is -2.35. The smallest absolute Gasteiger partial charge is 0.319 e. The Balaban J connectivity index is 1.38. The number of piperazine rings is 1. The van der Waals surface area contributed by atoms with Gasteiger partial charge in [0.15, 0.2) is 0 Å². The van der Waals surface area contributed by atoms with E-state index in [9.17, 15) is 4.79 Å². The first kappa shape index (κ1) is 27.0. The van der Waals surface area contributed by atoms with E-state index < -0.39 is 0 Å². The number of halogens is 1. The second-order valence-electron chi connectivity index (χ2n) is 11.4. The van der Waals surface area contributed by atoms with Crippen LogP contribution in [0.25, 0.3) is 32.9 Å². The van der Waals surface area contributed by atoms with Gasteiger partial charge in [-0.05, 0) is 62.7 Å². The molecule has 0 spiro atoms. The quantitative estimate of drug-likeness (QED) is 0.332. The van der Waals surface area contributed by atoms with Crippen LogP contribution in [0, 0.1) is 6.92 Å². The summed E-state index contributed by atoms with van der Waals surface area (Å²) in [4.78, 5) is 28.6. The molecule has 218 valence electrons. The molecule has 3 aliphatic heterocycles. The summed E-state index contributed by atoms with van der Waals surface area (Å²) >= 11 is 7.00. The van der Waals surface area contributed by atoms with Crippen LogP contribution in [0.1, 0.15) is 24.0 Å². The van der Waals surface area contributed by atoms with Gasteiger partial charge in [0.05, 0.1) is 34.2 Å². The van der Waals surface area contributed by atoms with Crippen molar-refractivity contribution in [3.05, 3.63) is 47.1 Å². The topological polar surface area (TPSA) is 99.7 Å². The number of amides is 1. The van der Waals surface area contributed by atoms with E-state index in [-0.39, 0.29) is 5.91 Å². The van der Waals surface area contributed by atoms with Gasteiger partial charge in [-0.15, -0.1) is 0 Å². The van der Waals surface area contributed by atoms with Crippen LogP contribution in [0.3, 0.4) is 0 Å². The van der Waals surface area contributed by atoms with Gasteiger partial charge in [0.25, 0.3) is 0 Å². The van der Waals surface area contributed by atoms with E-state index in [0.717, 1.165) is 81.4 Å². The molecule has 2 aromatic heterocycles. The lowest BCUT2D eigenvalue weighted by molar-refractivity contribution is -0.126. The van der Waals surface area contributed by atoms with Crippen molar-refractivity contribution in [1.29, 1.82) is 0 Å². The SMILES string of the molecule is C=CC(=O)N1CCN(c2nc(OC[C@@H]3CCCN3C)nc3cc(-c4c(Cl)c(C)cc5[nH]ncc45)c4c(c23)OCC4)CC1. The molecule has 2 fully saturated rings. The molecule has 11 heteroatoms. The molecule has 1 atom stereocenters. The third-order valence-corrected chi connectivity index (χ3v) is 9.37. The maximum Gasteiger partial charge on any atom is 0.319 e. The average Bonchev–Trinajstić information content (AvgIpc) is 3.77. The van der Waals surface area contributed by atoms with Crippen LogP contribution in [0.15, 0.2) is 31.0 Å². The molecule has 3 aliphatic rings. The number of rotatable bonds is 6. The average molecular weight is 588 g/mol. The zero-order chi connectivity index (χ0) is 29.0. The molecule has 0 aliphatic carbocycles. The molecular formula is C31H34ClN7O3. The number of hydrogen-bond acceptors (Lipinski definition) is 8. The summed E-state index contributed by atoms with van der Waals surface area (Å²) in [5, 5.41) is 9.91. The van der Waals surface area contributed by atoms with Crippen LogP contribution in [0.5, 0.6) is 11.8 Å². The van der Waals surface area contributed by atoms with E-state index in [1.165, 1.54) is 6.08 Å². The first-order valence-corrected chi connectivity index (χ1v) is 14.9. The van der Waals surface area contributed by atoms with E-state index in [0.29, 0.717) is 56.5 Å². The van der Waals surface area contributed by atoms with Gasteiger partial charge in [-0.3, -0.25) is 9.89 Å². The Morgan fingerprint density at radius 3 is 2.83 bits per heavy atom. The highest BCUT2D eigenvalue weighted by Crippen LogP contribution is 2.48. The molecule has 1 N–H and O–H groups in total. The number of likely N-dealkylation sites (tertiary alicyclic amines) is 1. The molecule has 42 heavy (non-hydrogen) atoms. The van der Waals surface area contributed by atoms with Crippen molar-refractivity contribution in [2.75, 3.05) is 57.9 Å².